The van der Waals surface area contributed by atoms with Crippen LogP contribution >= 0.6 is 0 Å². The molecule has 1 saturated heterocycles. The molecule has 0 unspecified atom stereocenters. The van der Waals surface area contributed by atoms with Gasteiger partial charge >= 0.3 is 0 Å². The molecule has 0 amide bonds. The predicted octanol–water partition coefficient (Wildman–Crippen LogP) is 2.16. The Hall–Kier alpha value is -3.20. The Labute approximate surface area is 187 Å². The Bertz CT molecular complexity index is 1360. The summed E-state index contributed by atoms with van der Waals surface area (Å²) in [6, 6.07) is 12.4. The normalized spacial score (nSPS) is 15.4. The van der Waals surface area contributed by atoms with Gasteiger partial charge in [-0.25, -0.2) is 22.8 Å². The second-order valence-electron chi connectivity index (χ2n) is 7.05. The van der Waals surface area contributed by atoms with Crippen molar-refractivity contribution in [3.8, 4) is 28.5 Å². The minimum atomic E-state index is -3.86. The largest absolute Gasteiger partial charge is 0.382 e. The third-order valence-corrected chi connectivity index (χ3v) is 8.31. The van der Waals surface area contributed by atoms with E-state index in [-0.39, 0.29) is 52.3 Å². The van der Waals surface area contributed by atoms with E-state index in [4.69, 9.17) is 5.73 Å². The SMILES string of the molecule is N#Cc1nc(N)cnc1-c1ccc(-c2ccccc2S(=O)(=O)N2CCS(=O)CC2)cc1F. The van der Waals surface area contributed by atoms with Crippen LogP contribution < -0.4 is 5.73 Å². The topological polar surface area (TPSA) is 130 Å². The summed E-state index contributed by atoms with van der Waals surface area (Å²) in [4.78, 5) is 7.95. The maximum Gasteiger partial charge on any atom is 0.243 e. The van der Waals surface area contributed by atoms with E-state index in [1.807, 2.05) is 6.07 Å². The second kappa shape index (κ2) is 8.74. The highest BCUT2D eigenvalue weighted by Gasteiger charge is 2.30. The summed E-state index contributed by atoms with van der Waals surface area (Å²) in [6.07, 6.45) is 1.23. The minimum absolute atomic E-state index is 0.0445. The predicted molar refractivity (Wildman–Crippen MR) is 119 cm³/mol. The van der Waals surface area contributed by atoms with Crippen LogP contribution in [0.1, 0.15) is 5.69 Å². The first-order chi connectivity index (χ1) is 15.3. The van der Waals surface area contributed by atoms with Crippen LogP contribution in [-0.2, 0) is 20.8 Å². The van der Waals surface area contributed by atoms with Gasteiger partial charge in [-0.05, 0) is 23.8 Å². The van der Waals surface area contributed by atoms with Crippen LogP contribution in [0.4, 0.5) is 10.2 Å². The van der Waals surface area contributed by atoms with E-state index < -0.39 is 26.6 Å². The maximum atomic E-state index is 15.1. The van der Waals surface area contributed by atoms with Crippen LogP contribution in [-0.4, -0.2) is 51.5 Å². The molecule has 2 aromatic carbocycles. The third-order valence-electron chi connectivity index (χ3n) is 5.07. The lowest BCUT2D eigenvalue weighted by molar-refractivity contribution is 0.439. The number of hydrogen-bond donors (Lipinski definition) is 1. The highest BCUT2D eigenvalue weighted by molar-refractivity contribution is 7.89. The Morgan fingerprint density at radius 2 is 1.84 bits per heavy atom. The number of hydrogen-bond acceptors (Lipinski definition) is 7. The van der Waals surface area contributed by atoms with Crippen LogP contribution in [0.5, 0.6) is 0 Å². The molecule has 3 aromatic rings. The molecule has 8 nitrogen and oxygen atoms in total. The number of sulfonamides is 1. The van der Waals surface area contributed by atoms with E-state index in [2.05, 4.69) is 9.97 Å². The van der Waals surface area contributed by atoms with Gasteiger partial charge in [0.25, 0.3) is 0 Å². The number of aromatic nitrogens is 2. The Kier molecular flexibility index (Phi) is 6.01. The van der Waals surface area contributed by atoms with Gasteiger partial charge in [0.15, 0.2) is 5.69 Å². The van der Waals surface area contributed by atoms with Gasteiger partial charge < -0.3 is 5.73 Å². The summed E-state index contributed by atoms with van der Waals surface area (Å²) in [7, 11) is -4.88. The third kappa shape index (κ3) is 4.12. The summed E-state index contributed by atoms with van der Waals surface area (Å²) in [5, 5.41) is 9.27. The zero-order valence-corrected chi connectivity index (χ0v) is 18.4. The fraction of sp³-hybridized carbons (Fsp3) is 0.190. The van der Waals surface area contributed by atoms with Gasteiger partial charge in [-0.3, -0.25) is 4.21 Å². The van der Waals surface area contributed by atoms with Gasteiger partial charge in [-0.1, -0.05) is 24.3 Å². The standard InChI is InChI=1S/C21H18FN5O3S2/c22-17-11-14(5-6-16(17)21-18(12-23)26-20(24)13-25-21)15-3-1-2-4-19(15)32(29,30)27-7-9-31(28)10-8-27/h1-6,11,13H,7-10H2,(H2,24,26). The summed E-state index contributed by atoms with van der Waals surface area (Å²) >= 11 is 0. The molecular formula is C21H18FN5O3S2. The lowest BCUT2D eigenvalue weighted by atomic mass is 10.0. The number of anilines is 1. The van der Waals surface area contributed by atoms with Gasteiger partial charge in [0, 0.05) is 46.5 Å². The molecular weight excluding hydrogens is 453 g/mol. The molecule has 32 heavy (non-hydrogen) atoms. The number of rotatable bonds is 4. The molecule has 0 saturated carbocycles. The van der Waals surface area contributed by atoms with Crippen LogP contribution in [0.25, 0.3) is 22.4 Å². The van der Waals surface area contributed by atoms with Crippen LogP contribution in [0, 0.1) is 17.1 Å². The van der Waals surface area contributed by atoms with Crippen molar-refractivity contribution in [2.45, 2.75) is 4.90 Å². The molecule has 1 aromatic heterocycles. The van der Waals surface area contributed by atoms with E-state index in [9.17, 15) is 17.9 Å². The van der Waals surface area contributed by atoms with E-state index in [1.54, 1.807) is 24.3 Å². The summed E-state index contributed by atoms with van der Waals surface area (Å²) in [5.74, 6) is -0.0648. The van der Waals surface area contributed by atoms with Gasteiger partial charge in [-0.2, -0.15) is 9.57 Å². The van der Waals surface area contributed by atoms with E-state index in [0.29, 0.717) is 11.1 Å². The van der Waals surface area contributed by atoms with Gasteiger partial charge in [0.1, 0.15) is 23.4 Å². The molecule has 2 N–H and O–H groups in total. The lowest BCUT2D eigenvalue weighted by Crippen LogP contribution is -2.41. The first-order valence-corrected chi connectivity index (χ1v) is 12.5. The minimum Gasteiger partial charge on any atom is -0.382 e. The molecule has 1 fully saturated rings. The van der Waals surface area contributed by atoms with Gasteiger partial charge in [0.05, 0.1) is 11.1 Å². The first kappa shape index (κ1) is 22.0. The molecule has 4 rings (SSSR count). The molecule has 1 aliphatic rings. The summed E-state index contributed by atoms with van der Waals surface area (Å²) < 4.78 is 54.5. The number of benzene rings is 2. The van der Waals surface area contributed by atoms with E-state index in [1.165, 1.54) is 28.7 Å². The lowest BCUT2D eigenvalue weighted by Gasteiger charge is -2.26. The second-order valence-corrected chi connectivity index (χ2v) is 10.6. The number of halogens is 1. The van der Waals surface area contributed by atoms with Crippen molar-refractivity contribution in [2.24, 2.45) is 0 Å². The van der Waals surface area contributed by atoms with Crippen molar-refractivity contribution < 1.29 is 17.0 Å². The average Bonchev–Trinajstić information content (AvgIpc) is 2.79. The zero-order valence-electron chi connectivity index (χ0n) is 16.7. The highest BCUT2D eigenvalue weighted by Crippen LogP contribution is 2.33. The van der Waals surface area contributed by atoms with Crippen molar-refractivity contribution in [3.05, 3.63) is 60.2 Å². The molecule has 164 valence electrons. The number of nitrogens with zero attached hydrogens (tertiary/aromatic N) is 4. The molecule has 0 bridgehead atoms. The number of nitrogen functional groups attached to an aromatic ring is 1. The van der Waals surface area contributed by atoms with E-state index in [0.717, 1.165) is 0 Å². The van der Waals surface area contributed by atoms with Gasteiger partial charge in [-0.15, -0.1) is 0 Å². The highest BCUT2D eigenvalue weighted by atomic mass is 32.2. The summed E-state index contributed by atoms with van der Waals surface area (Å²) in [5.41, 5.74) is 6.24. The average molecular weight is 472 g/mol. The molecule has 11 heteroatoms. The number of nitriles is 1. The smallest absolute Gasteiger partial charge is 0.243 e. The quantitative estimate of drug-likeness (QED) is 0.617. The molecule has 0 radical (unpaired) electrons. The van der Waals surface area contributed by atoms with Gasteiger partial charge in [0.2, 0.25) is 10.0 Å². The van der Waals surface area contributed by atoms with Crippen molar-refractivity contribution in [2.75, 3.05) is 30.3 Å². The zero-order chi connectivity index (χ0) is 22.9. The number of nitrogens with two attached hydrogens (primary N) is 1. The molecule has 2 heterocycles. The monoisotopic (exact) mass is 471 g/mol. The molecule has 1 aliphatic heterocycles. The van der Waals surface area contributed by atoms with Crippen LogP contribution in [0.3, 0.4) is 0 Å². The fourth-order valence-electron chi connectivity index (χ4n) is 3.48. The van der Waals surface area contributed by atoms with Crippen LogP contribution in [0.15, 0.2) is 53.6 Å². The summed E-state index contributed by atoms with van der Waals surface area (Å²) in [6.45, 7) is 0.340. The Morgan fingerprint density at radius 3 is 2.53 bits per heavy atom. The van der Waals surface area contributed by atoms with Crippen LogP contribution in [0.2, 0.25) is 0 Å². The fourth-order valence-corrected chi connectivity index (χ4v) is 6.42. The Balaban J connectivity index is 1.76. The van der Waals surface area contributed by atoms with Crippen molar-refractivity contribution in [1.29, 1.82) is 5.26 Å². The molecule has 0 atom stereocenters. The first-order valence-electron chi connectivity index (χ1n) is 9.58. The maximum absolute atomic E-state index is 15.1. The molecule has 0 aliphatic carbocycles. The Morgan fingerprint density at radius 1 is 1.12 bits per heavy atom. The molecule has 0 spiro atoms. The van der Waals surface area contributed by atoms with Crippen molar-refractivity contribution >= 4 is 26.6 Å². The van der Waals surface area contributed by atoms with E-state index >= 15 is 4.39 Å². The van der Waals surface area contributed by atoms with Crippen molar-refractivity contribution in [3.63, 3.8) is 0 Å². The van der Waals surface area contributed by atoms with Crippen molar-refractivity contribution in [1.82, 2.24) is 14.3 Å².